The van der Waals surface area contributed by atoms with Crippen LogP contribution in [0.2, 0.25) is 0 Å². The van der Waals surface area contributed by atoms with Crippen LogP contribution in [0.15, 0.2) is 53.2 Å². The van der Waals surface area contributed by atoms with Crippen molar-refractivity contribution in [2.45, 2.75) is 57.4 Å². The zero-order chi connectivity index (χ0) is 41.3. The van der Waals surface area contributed by atoms with Gasteiger partial charge in [-0.1, -0.05) is 19.9 Å². The SMILES string of the molecule is COc1cccc(OC)c1C(C=C(N)C(=O)NC1(CO)C2CC3CC(C2)CC1C3)=Nc1ccc(NCCOCCOCCOCCOCCOCCN)cc1C(C)C. The lowest BCUT2D eigenvalue weighted by Crippen LogP contribution is -2.68. The highest BCUT2D eigenvalue weighted by molar-refractivity contribution is 6.16. The molecule has 4 aliphatic carbocycles. The number of amides is 1. The van der Waals surface area contributed by atoms with Gasteiger partial charge >= 0.3 is 0 Å². The summed E-state index contributed by atoms with van der Waals surface area (Å²) >= 11 is 0. The Labute approximate surface area is 344 Å². The van der Waals surface area contributed by atoms with Crippen LogP contribution in [0, 0.1) is 23.7 Å². The molecule has 0 aliphatic heterocycles. The largest absolute Gasteiger partial charge is 0.496 e. The zero-order valence-electron chi connectivity index (χ0n) is 35.0. The van der Waals surface area contributed by atoms with Gasteiger partial charge in [0.1, 0.15) is 11.5 Å². The molecular formula is C44H67N5O9. The molecule has 322 valence electrons. The Morgan fingerprint density at radius 1 is 0.828 bits per heavy atom. The number of rotatable bonds is 27. The smallest absolute Gasteiger partial charge is 0.267 e. The van der Waals surface area contributed by atoms with E-state index in [9.17, 15) is 9.90 Å². The maximum atomic E-state index is 14.0. The van der Waals surface area contributed by atoms with Gasteiger partial charge in [0.2, 0.25) is 0 Å². The third-order valence-corrected chi connectivity index (χ3v) is 11.7. The van der Waals surface area contributed by atoms with Crippen molar-refractivity contribution in [2.24, 2.45) is 40.1 Å². The molecule has 4 fully saturated rings. The minimum atomic E-state index is -0.665. The van der Waals surface area contributed by atoms with E-state index in [1.807, 2.05) is 30.3 Å². The van der Waals surface area contributed by atoms with Crippen LogP contribution in [0.25, 0.3) is 0 Å². The molecule has 0 atom stereocenters. The van der Waals surface area contributed by atoms with Gasteiger partial charge in [-0.2, -0.15) is 0 Å². The molecule has 4 saturated carbocycles. The van der Waals surface area contributed by atoms with E-state index in [2.05, 4.69) is 30.5 Å². The number of nitrogens with one attached hydrogen (secondary N) is 2. The second-order valence-corrected chi connectivity index (χ2v) is 15.8. The lowest BCUT2D eigenvalue weighted by molar-refractivity contribution is -0.133. The van der Waals surface area contributed by atoms with Gasteiger partial charge in [-0.15, -0.1) is 0 Å². The van der Waals surface area contributed by atoms with E-state index in [0.717, 1.165) is 42.6 Å². The molecule has 6 rings (SSSR count). The molecule has 14 heteroatoms. The van der Waals surface area contributed by atoms with E-state index < -0.39 is 11.4 Å². The molecule has 0 unspecified atom stereocenters. The number of methoxy groups -OCH3 is 2. The number of anilines is 1. The highest BCUT2D eigenvalue weighted by Gasteiger charge is 2.57. The van der Waals surface area contributed by atoms with Crippen molar-refractivity contribution in [1.29, 1.82) is 0 Å². The van der Waals surface area contributed by atoms with Gasteiger partial charge < -0.3 is 60.4 Å². The van der Waals surface area contributed by atoms with Crippen molar-refractivity contribution in [3.63, 3.8) is 0 Å². The topological polar surface area (TPSA) is 190 Å². The van der Waals surface area contributed by atoms with Crippen LogP contribution in [-0.2, 0) is 28.5 Å². The highest BCUT2D eigenvalue weighted by Crippen LogP contribution is 2.58. The summed E-state index contributed by atoms with van der Waals surface area (Å²) in [6, 6.07) is 11.5. The van der Waals surface area contributed by atoms with Crippen molar-refractivity contribution in [3.05, 3.63) is 59.3 Å². The van der Waals surface area contributed by atoms with Gasteiger partial charge in [0.05, 0.1) is 115 Å². The second-order valence-electron chi connectivity index (χ2n) is 15.8. The minimum absolute atomic E-state index is 0.00125. The standard InChI is InChI=1S/C44H67N5O9/c1-30(2)36-27-35(47-11-13-55-15-17-57-19-21-58-20-18-56-16-14-54-12-10-45)8-9-38(36)48-39(42-40(52-3)6-5-7-41(42)53-4)28-37(46)43(51)49-44(29-50)33-23-31-22-32(25-33)26-34(44)24-31/h5-9,27-28,30-34,47,50H,10-26,29,45-46H2,1-4H3,(H,49,51). The Bertz CT molecular complexity index is 1600. The first-order valence-electron chi connectivity index (χ1n) is 20.9. The number of hydrogen-bond acceptors (Lipinski definition) is 13. The fourth-order valence-corrected chi connectivity index (χ4v) is 8.98. The summed E-state index contributed by atoms with van der Waals surface area (Å²) in [6.45, 7) is 10.3. The van der Waals surface area contributed by atoms with E-state index in [0.29, 0.717) is 114 Å². The Kier molecular flexibility index (Phi) is 18.1. The van der Waals surface area contributed by atoms with Crippen molar-refractivity contribution in [2.75, 3.05) is 105 Å². The number of hydrogen-bond donors (Lipinski definition) is 5. The maximum absolute atomic E-state index is 14.0. The van der Waals surface area contributed by atoms with Crippen LogP contribution in [0.5, 0.6) is 11.5 Å². The minimum Gasteiger partial charge on any atom is -0.496 e. The van der Waals surface area contributed by atoms with Crippen LogP contribution in [0.4, 0.5) is 11.4 Å². The average molecular weight is 810 g/mol. The summed E-state index contributed by atoms with van der Waals surface area (Å²) in [5.41, 5.74) is 15.0. The molecule has 7 N–H and O–H groups in total. The molecule has 0 saturated heterocycles. The lowest BCUT2D eigenvalue weighted by atomic mass is 9.48. The fourth-order valence-electron chi connectivity index (χ4n) is 8.98. The summed E-state index contributed by atoms with van der Waals surface area (Å²) in [4.78, 5) is 19.1. The number of nitrogens with two attached hydrogens (primary N) is 2. The van der Waals surface area contributed by atoms with Crippen molar-refractivity contribution >= 4 is 23.0 Å². The fraction of sp³-hybridized carbons (Fsp3) is 0.636. The molecule has 1 amide bonds. The van der Waals surface area contributed by atoms with Gasteiger partial charge in [-0.3, -0.25) is 4.79 Å². The van der Waals surface area contributed by atoms with Gasteiger partial charge in [-0.05, 0) is 104 Å². The normalized spacial score (nSPS) is 22.7. The molecule has 0 spiro atoms. The van der Waals surface area contributed by atoms with Crippen LogP contribution < -0.4 is 31.6 Å². The second kappa shape index (κ2) is 23.1. The first-order valence-corrected chi connectivity index (χ1v) is 20.9. The lowest BCUT2D eigenvalue weighted by Gasteiger charge is -2.60. The number of aliphatic imine (C=N–C) groups is 1. The monoisotopic (exact) mass is 809 g/mol. The Hall–Kier alpha value is -3.76. The van der Waals surface area contributed by atoms with Crippen LogP contribution in [0.1, 0.15) is 63.0 Å². The van der Waals surface area contributed by atoms with Crippen molar-refractivity contribution in [3.8, 4) is 11.5 Å². The summed E-state index contributed by atoms with van der Waals surface area (Å²) in [7, 11) is 3.17. The number of allylic oxidation sites excluding steroid dienone is 1. The zero-order valence-corrected chi connectivity index (χ0v) is 35.0. The first-order chi connectivity index (χ1) is 28.2. The summed E-state index contributed by atoms with van der Waals surface area (Å²) in [5.74, 6) is 2.64. The number of nitrogens with zero attached hydrogens (tertiary/aromatic N) is 1. The number of benzene rings is 2. The average Bonchev–Trinajstić information content (AvgIpc) is 3.22. The van der Waals surface area contributed by atoms with E-state index in [4.69, 9.17) is 49.6 Å². The summed E-state index contributed by atoms with van der Waals surface area (Å²) < 4.78 is 39.1. The Morgan fingerprint density at radius 2 is 1.36 bits per heavy atom. The van der Waals surface area contributed by atoms with Crippen LogP contribution >= 0.6 is 0 Å². The van der Waals surface area contributed by atoms with E-state index in [-0.39, 0.29) is 30.1 Å². The van der Waals surface area contributed by atoms with E-state index in [1.165, 1.54) is 6.42 Å². The predicted molar refractivity (Wildman–Crippen MR) is 225 cm³/mol. The molecule has 2 aromatic rings. The molecule has 0 heterocycles. The maximum Gasteiger partial charge on any atom is 0.267 e. The Morgan fingerprint density at radius 3 is 1.86 bits per heavy atom. The van der Waals surface area contributed by atoms with E-state index in [1.54, 1.807) is 20.3 Å². The van der Waals surface area contributed by atoms with Crippen molar-refractivity contribution in [1.82, 2.24) is 5.32 Å². The first kappa shape index (κ1) is 45.3. The quantitative estimate of drug-likeness (QED) is 0.0482. The molecule has 0 aromatic heterocycles. The summed E-state index contributed by atoms with van der Waals surface area (Å²) in [6.07, 6.45) is 7.02. The molecule has 58 heavy (non-hydrogen) atoms. The number of carbonyl (C=O) groups is 1. The third-order valence-electron chi connectivity index (χ3n) is 11.7. The molecule has 14 nitrogen and oxygen atoms in total. The van der Waals surface area contributed by atoms with Crippen LogP contribution in [0.3, 0.4) is 0 Å². The van der Waals surface area contributed by atoms with Crippen LogP contribution in [-0.4, -0.2) is 122 Å². The van der Waals surface area contributed by atoms with Gasteiger partial charge in [0.25, 0.3) is 5.91 Å². The Balaban J connectivity index is 1.19. The van der Waals surface area contributed by atoms with E-state index >= 15 is 0 Å². The van der Waals surface area contributed by atoms with Gasteiger partial charge in [0.15, 0.2) is 0 Å². The highest BCUT2D eigenvalue weighted by atomic mass is 16.6. The van der Waals surface area contributed by atoms with Crippen molar-refractivity contribution < 1.29 is 43.1 Å². The summed E-state index contributed by atoms with van der Waals surface area (Å²) in [5, 5.41) is 17.5. The molecule has 4 bridgehead atoms. The number of aliphatic hydroxyl groups excluding tert-OH is 1. The molecule has 2 aromatic carbocycles. The molecular weight excluding hydrogens is 743 g/mol. The molecule has 0 radical (unpaired) electrons. The number of carbonyl (C=O) groups excluding carboxylic acids is 1. The predicted octanol–water partition coefficient (Wildman–Crippen LogP) is 4.55. The number of aliphatic hydroxyl groups is 1. The van der Waals surface area contributed by atoms with Gasteiger partial charge in [-0.25, -0.2) is 4.99 Å². The third kappa shape index (κ3) is 12.2. The molecule has 4 aliphatic rings. The number of ether oxygens (including phenoxy) is 7. The van der Waals surface area contributed by atoms with Gasteiger partial charge in [0, 0.05) is 18.8 Å².